The highest BCUT2D eigenvalue weighted by atomic mass is 19.4. The Hall–Kier alpha value is -2.48. The molecule has 1 unspecified atom stereocenters. The fraction of sp³-hybridized carbons (Fsp3) is 0.188. The highest BCUT2D eigenvalue weighted by Gasteiger charge is 2.61. The number of nitrogens with zero attached hydrogens (tertiary/aromatic N) is 1. The number of rotatable bonds is 1. The molecule has 1 aliphatic rings. The number of hydrogen-bond acceptors (Lipinski definition) is 2. The number of benzene rings is 2. The van der Waals surface area contributed by atoms with E-state index in [0.29, 0.717) is 11.1 Å². The van der Waals surface area contributed by atoms with Crippen LogP contribution in [0, 0.1) is 11.3 Å². The maximum absolute atomic E-state index is 13.7. The summed E-state index contributed by atoms with van der Waals surface area (Å²) in [5.41, 5.74) is -1.60. The molecule has 1 atom stereocenters. The molecule has 0 N–H and O–H groups in total. The zero-order chi connectivity index (χ0) is 15.1. The summed E-state index contributed by atoms with van der Waals surface area (Å²) in [6, 6.07) is 13.8. The lowest BCUT2D eigenvalue weighted by molar-refractivity contribution is -0.248. The van der Waals surface area contributed by atoms with Crippen LogP contribution in [0.5, 0.6) is 5.75 Å². The molecule has 0 radical (unpaired) electrons. The molecule has 2 aromatic carbocycles. The lowest BCUT2D eigenvalue weighted by Crippen LogP contribution is -2.46. The number of hydrogen-bond donors (Lipinski definition) is 0. The summed E-state index contributed by atoms with van der Waals surface area (Å²) < 4.78 is 46.3. The topological polar surface area (TPSA) is 33.0 Å². The summed E-state index contributed by atoms with van der Waals surface area (Å²) >= 11 is 0. The molecule has 0 saturated carbocycles. The van der Waals surface area contributed by atoms with Gasteiger partial charge < -0.3 is 4.74 Å². The first-order valence-corrected chi connectivity index (χ1v) is 6.30. The Bertz CT molecular complexity index is 719. The van der Waals surface area contributed by atoms with Gasteiger partial charge in [0.2, 0.25) is 5.60 Å². The largest absolute Gasteiger partial charge is 0.472 e. The molecule has 2 aromatic rings. The predicted octanol–water partition coefficient (Wildman–Crippen LogP) is 3.95. The monoisotopic (exact) mass is 289 g/mol. The van der Waals surface area contributed by atoms with Gasteiger partial charge in [-0.3, -0.25) is 0 Å². The number of fused-ring (bicyclic) bond motifs is 1. The number of alkyl halides is 3. The van der Waals surface area contributed by atoms with E-state index in [-0.39, 0.29) is 17.7 Å². The summed E-state index contributed by atoms with van der Waals surface area (Å²) in [4.78, 5) is 0. The Balaban J connectivity index is 2.12. The van der Waals surface area contributed by atoms with Crippen LogP contribution in [0.15, 0.2) is 48.5 Å². The van der Waals surface area contributed by atoms with E-state index in [2.05, 4.69) is 0 Å². The van der Waals surface area contributed by atoms with Gasteiger partial charge in [0.05, 0.1) is 11.6 Å². The second kappa shape index (κ2) is 4.52. The van der Waals surface area contributed by atoms with E-state index in [4.69, 9.17) is 10.00 Å². The number of ether oxygens (including phenoxy) is 1. The minimum atomic E-state index is -4.56. The third-order valence-corrected chi connectivity index (χ3v) is 3.61. The molecule has 21 heavy (non-hydrogen) atoms. The maximum atomic E-state index is 13.7. The average Bonchev–Trinajstić information content (AvgIpc) is 2.87. The van der Waals surface area contributed by atoms with Gasteiger partial charge >= 0.3 is 6.18 Å². The van der Waals surface area contributed by atoms with Crippen molar-refractivity contribution in [2.24, 2.45) is 0 Å². The van der Waals surface area contributed by atoms with E-state index >= 15 is 0 Å². The second-order valence-electron chi connectivity index (χ2n) is 4.90. The van der Waals surface area contributed by atoms with Crippen molar-refractivity contribution < 1.29 is 17.9 Å². The normalized spacial score (nSPS) is 20.5. The van der Waals surface area contributed by atoms with Crippen LogP contribution in [-0.2, 0) is 12.0 Å². The zero-order valence-corrected chi connectivity index (χ0v) is 10.8. The summed E-state index contributed by atoms with van der Waals surface area (Å²) in [7, 11) is 0. The molecule has 0 saturated heterocycles. The molecule has 2 nitrogen and oxygen atoms in total. The van der Waals surface area contributed by atoms with Crippen molar-refractivity contribution >= 4 is 0 Å². The highest BCUT2D eigenvalue weighted by molar-refractivity contribution is 5.48. The average molecular weight is 289 g/mol. The third-order valence-electron chi connectivity index (χ3n) is 3.61. The first kappa shape index (κ1) is 13.5. The summed E-state index contributed by atoms with van der Waals surface area (Å²) in [6.07, 6.45) is -4.88. The molecule has 0 fully saturated rings. The molecule has 3 rings (SSSR count). The van der Waals surface area contributed by atoms with Gasteiger partial charge in [-0.25, -0.2) is 0 Å². The SMILES string of the molecule is N#Cc1ccc2c(c1)CC(c1ccccc1)(C(F)(F)F)O2. The standard InChI is InChI=1S/C16H10F3NO/c17-16(18,19)15(13-4-2-1-3-5-13)9-12-8-11(10-20)6-7-14(12)21-15/h1-8H,9H2. The Morgan fingerprint density at radius 1 is 1.10 bits per heavy atom. The van der Waals surface area contributed by atoms with Gasteiger partial charge in [-0.2, -0.15) is 18.4 Å². The van der Waals surface area contributed by atoms with E-state index in [0.717, 1.165) is 0 Å². The van der Waals surface area contributed by atoms with Crippen molar-refractivity contribution in [2.45, 2.75) is 18.2 Å². The Morgan fingerprint density at radius 2 is 1.81 bits per heavy atom. The number of halogens is 3. The van der Waals surface area contributed by atoms with Crippen LogP contribution < -0.4 is 4.74 Å². The summed E-state index contributed by atoms with van der Waals surface area (Å²) in [5, 5.41) is 8.86. The van der Waals surface area contributed by atoms with Gasteiger partial charge in [-0.15, -0.1) is 0 Å². The zero-order valence-electron chi connectivity index (χ0n) is 10.8. The van der Waals surface area contributed by atoms with Crippen LogP contribution in [0.2, 0.25) is 0 Å². The minimum absolute atomic E-state index is 0.0622. The Labute approximate surface area is 119 Å². The van der Waals surface area contributed by atoms with Gasteiger partial charge in [0.1, 0.15) is 5.75 Å². The van der Waals surface area contributed by atoms with Crippen LogP contribution >= 0.6 is 0 Å². The van der Waals surface area contributed by atoms with E-state index in [1.54, 1.807) is 18.2 Å². The van der Waals surface area contributed by atoms with Crippen molar-refractivity contribution in [3.05, 3.63) is 65.2 Å². The first-order valence-electron chi connectivity index (χ1n) is 6.30. The van der Waals surface area contributed by atoms with E-state index in [9.17, 15) is 13.2 Å². The van der Waals surface area contributed by atoms with Crippen molar-refractivity contribution in [1.29, 1.82) is 5.26 Å². The van der Waals surface area contributed by atoms with Crippen molar-refractivity contribution in [3.63, 3.8) is 0 Å². The van der Waals surface area contributed by atoms with Crippen LogP contribution in [-0.4, -0.2) is 6.18 Å². The summed E-state index contributed by atoms with van der Waals surface area (Å²) in [6.45, 7) is 0. The van der Waals surface area contributed by atoms with E-state index < -0.39 is 11.8 Å². The van der Waals surface area contributed by atoms with Crippen LogP contribution in [0.25, 0.3) is 0 Å². The fourth-order valence-electron chi connectivity index (χ4n) is 2.57. The molecule has 0 amide bonds. The quantitative estimate of drug-likeness (QED) is 0.796. The van der Waals surface area contributed by atoms with Gasteiger partial charge in [-0.05, 0) is 18.2 Å². The number of nitriles is 1. The molecule has 0 aromatic heterocycles. The van der Waals surface area contributed by atoms with Crippen LogP contribution in [0.3, 0.4) is 0 Å². The van der Waals surface area contributed by atoms with Gasteiger partial charge in [0.25, 0.3) is 0 Å². The molecule has 1 aliphatic heterocycles. The van der Waals surface area contributed by atoms with Gasteiger partial charge in [0.15, 0.2) is 0 Å². The highest BCUT2D eigenvalue weighted by Crippen LogP contribution is 2.50. The Morgan fingerprint density at radius 3 is 2.43 bits per heavy atom. The van der Waals surface area contributed by atoms with E-state index in [1.165, 1.54) is 30.3 Å². The molecule has 0 aliphatic carbocycles. The minimum Gasteiger partial charge on any atom is -0.472 e. The van der Waals surface area contributed by atoms with Gasteiger partial charge in [-0.1, -0.05) is 30.3 Å². The smallest absolute Gasteiger partial charge is 0.432 e. The van der Waals surface area contributed by atoms with E-state index in [1.807, 2.05) is 6.07 Å². The molecular weight excluding hydrogens is 279 g/mol. The molecule has 1 heterocycles. The third kappa shape index (κ3) is 2.04. The van der Waals surface area contributed by atoms with Crippen LogP contribution in [0.1, 0.15) is 16.7 Å². The van der Waals surface area contributed by atoms with Crippen molar-refractivity contribution in [2.75, 3.05) is 0 Å². The lowest BCUT2D eigenvalue weighted by Gasteiger charge is -2.31. The molecular formula is C16H10F3NO. The van der Waals surface area contributed by atoms with Crippen molar-refractivity contribution in [1.82, 2.24) is 0 Å². The molecule has 0 spiro atoms. The Kier molecular flexibility index (Phi) is 2.91. The first-order chi connectivity index (χ1) is 9.96. The summed E-state index contributed by atoms with van der Waals surface area (Å²) in [5.74, 6) is 0.176. The molecule has 0 bridgehead atoms. The fourth-order valence-corrected chi connectivity index (χ4v) is 2.57. The maximum Gasteiger partial charge on any atom is 0.432 e. The predicted molar refractivity (Wildman–Crippen MR) is 69.7 cm³/mol. The lowest BCUT2D eigenvalue weighted by atomic mass is 9.88. The second-order valence-corrected chi connectivity index (χ2v) is 4.90. The van der Waals surface area contributed by atoms with Gasteiger partial charge in [0, 0.05) is 17.5 Å². The van der Waals surface area contributed by atoms with Crippen molar-refractivity contribution in [3.8, 4) is 11.8 Å². The molecule has 106 valence electrons. The molecule has 5 heteroatoms. The van der Waals surface area contributed by atoms with Crippen LogP contribution in [0.4, 0.5) is 13.2 Å².